The molecule has 0 saturated heterocycles. The molecule has 2 N–H and O–H groups in total. The summed E-state index contributed by atoms with van der Waals surface area (Å²) in [6, 6.07) is 13.1. The highest BCUT2D eigenvalue weighted by atomic mass is 19.4. The fourth-order valence-corrected chi connectivity index (χ4v) is 6.40. The summed E-state index contributed by atoms with van der Waals surface area (Å²) in [7, 11) is 0. The van der Waals surface area contributed by atoms with E-state index < -0.39 is 30.0 Å². The van der Waals surface area contributed by atoms with Gasteiger partial charge in [-0.25, -0.2) is 9.07 Å². The van der Waals surface area contributed by atoms with E-state index in [2.05, 4.69) is 37.0 Å². The Balaban J connectivity index is 1.36. The molecule has 2 bridgehead atoms. The van der Waals surface area contributed by atoms with Crippen molar-refractivity contribution >= 4 is 33.2 Å². The van der Waals surface area contributed by atoms with Crippen molar-refractivity contribution in [3.8, 4) is 12.1 Å². The highest BCUT2D eigenvalue weighted by Crippen LogP contribution is 2.62. The van der Waals surface area contributed by atoms with Crippen molar-refractivity contribution in [2.24, 2.45) is 11.3 Å². The molecule has 46 heavy (non-hydrogen) atoms. The normalized spacial score (nSPS) is 19.5. The van der Waals surface area contributed by atoms with Crippen LogP contribution >= 0.6 is 0 Å². The number of benzene rings is 2. The fourth-order valence-electron chi connectivity index (χ4n) is 6.40. The zero-order chi connectivity index (χ0) is 32.4. The summed E-state index contributed by atoms with van der Waals surface area (Å²) < 4.78 is 57.9. The molecule has 9 nitrogen and oxygen atoms in total. The molecule has 5 aromatic rings. The van der Waals surface area contributed by atoms with Crippen LogP contribution in [0.15, 0.2) is 55.0 Å². The van der Waals surface area contributed by atoms with Crippen LogP contribution in [0.4, 0.5) is 28.9 Å². The zero-order valence-electron chi connectivity index (χ0n) is 24.8. The first kappa shape index (κ1) is 29.4. The van der Waals surface area contributed by atoms with Crippen molar-refractivity contribution in [1.82, 2.24) is 25.0 Å². The van der Waals surface area contributed by atoms with Crippen molar-refractivity contribution in [3.63, 3.8) is 0 Å². The van der Waals surface area contributed by atoms with Crippen LogP contribution < -0.4 is 10.6 Å². The Morgan fingerprint density at radius 3 is 2.46 bits per heavy atom. The Bertz CT molecular complexity index is 2090. The third-order valence-corrected chi connectivity index (χ3v) is 9.36. The van der Waals surface area contributed by atoms with Gasteiger partial charge in [-0.2, -0.15) is 23.7 Å². The molecule has 0 aliphatic heterocycles. The maximum absolute atomic E-state index is 14.8. The number of hydrogen-bond donors (Lipinski definition) is 2. The minimum atomic E-state index is -4.50. The van der Waals surface area contributed by atoms with E-state index >= 15 is 0 Å². The Hall–Kier alpha value is -5.30. The lowest BCUT2D eigenvalue weighted by atomic mass is 9.50. The summed E-state index contributed by atoms with van der Waals surface area (Å²) in [6.45, 7) is 1.61. The number of anilines is 2. The predicted molar refractivity (Wildman–Crippen MR) is 162 cm³/mol. The van der Waals surface area contributed by atoms with Crippen LogP contribution in [0, 0.1) is 39.8 Å². The van der Waals surface area contributed by atoms with E-state index in [1.165, 1.54) is 18.5 Å². The van der Waals surface area contributed by atoms with E-state index in [1.54, 1.807) is 30.3 Å². The summed E-state index contributed by atoms with van der Waals surface area (Å²) in [5.41, 5.74) is 0.170. The van der Waals surface area contributed by atoms with Crippen molar-refractivity contribution in [3.05, 3.63) is 83.2 Å². The van der Waals surface area contributed by atoms with Gasteiger partial charge in [-0.15, -0.1) is 5.10 Å². The predicted octanol–water partition coefficient (Wildman–Crippen LogP) is 6.97. The number of fused-ring (bicyclic) bond motifs is 2. The Morgan fingerprint density at radius 1 is 1.02 bits per heavy atom. The van der Waals surface area contributed by atoms with Crippen LogP contribution in [-0.2, 0) is 5.54 Å². The van der Waals surface area contributed by atoms with Gasteiger partial charge in [0.05, 0.1) is 45.5 Å². The molecule has 3 aliphatic rings. The van der Waals surface area contributed by atoms with Crippen LogP contribution in [0.5, 0.6) is 0 Å². The van der Waals surface area contributed by atoms with Gasteiger partial charge in [0.1, 0.15) is 29.2 Å². The van der Waals surface area contributed by atoms with Crippen LogP contribution in [-0.4, -0.2) is 37.7 Å². The molecular weight excluding hydrogens is 598 g/mol. The third-order valence-electron chi connectivity index (χ3n) is 9.36. The summed E-state index contributed by atoms with van der Waals surface area (Å²) in [6.07, 6.45) is 3.26. The molecule has 0 radical (unpaired) electrons. The highest BCUT2D eigenvalue weighted by Gasteiger charge is 2.59. The first-order chi connectivity index (χ1) is 21.9. The molecule has 8 rings (SSSR count). The number of rotatable bonds is 8. The third kappa shape index (κ3) is 4.66. The molecule has 3 fully saturated rings. The van der Waals surface area contributed by atoms with E-state index in [0.717, 1.165) is 33.1 Å². The van der Waals surface area contributed by atoms with Gasteiger partial charge in [0, 0.05) is 35.4 Å². The van der Waals surface area contributed by atoms with Crippen molar-refractivity contribution in [1.29, 1.82) is 10.5 Å². The Labute approximate surface area is 260 Å². The number of nitrogens with one attached hydrogen (secondary N) is 2. The Kier molecular flexibility index (Phi) is 6.63. The van der Waals surface area contributed by atoms with Crippen LogP contribution in [0.3, 0.4) is 0 Å². The van der Waals surface area contributed by atoms with Gasteiger partial charge in [-0.05, 0) is 68.9 Å². The van der Waals surface area contributed by atoms with E-state index in [0.29, 0.717) is 33.6 Å². The van der Waals surface area contributed by atoms with Crippen molar-refractivity contribution in [2.75, 3.05) is 17.2 Å². The minimum absolute atomic E-state index is 0.0279. The van der Waals surface area contributed by atoms with Gasteiger partial charge in [0.25, 0.3) is 0 Å². The molecule has 0 unspecified atom stereocenters. The molecule has 3 heterocycles. The lowest BCUT2D eigenvalue weighted by Crippen LogP contribution is -2.59. The standard InChI is InChI=1S/C33H27F4N9/c1-31(2,33(35,36)37)17-42-28-20(14-39)15-41-27-19(13-38)8-21(9-24(27)28)43-30(23-5-6-25(34)29-22(23)4-3-7-40-29)26-16-46(45-44-26)32-10-18(11-32)12-32/h3-9,15-16,18,30,43H,10-12,17H2,1-2H3,(H,41,42)/t18?,30-,32?/m0/s1. The molecule has 13 heteroatoms. The van der Waals surface area contributed by atoms with Gasteiger partial charge in [0.15, 0.2) is 0 Å². The minimum Gasteiger partial charge on any atom is -0.382 e. The lowest BCUT2D eigenvalue weighted by molar-refractivity contribution is -0.206. The van der Waals surface area contributed by atoms with Crippen LogP contribution in [0.2, 0.25) is 0 Å². The molecule has 0 amide bonds. The van der Waals surface area contributed by atoms with Crippen LogP contribution in [0.1, 0.15) is 61.5 Å². The number of halogens is 4. The average Bonchev–Trinajstić information content (AvgIpc) is 3.46. The van der Waals surface area contributed by atoms with Gasteiger partial charge in [-0.1, -0.05) is 17.3 Å². The summed E-state index contributed by atoms with van der Waals surface area (Å²) >= 11 is 0. The summed E-state index contributed by atoms with van der Waals surface area (Å²) in [5.74, 6) is 0.229. The second kappa shape index (κ2) is 10.4. The molecule has 3 saturated carbocycles. The molecule has 2 aromatic carbocycles. The lowest BCUT2D eigenvalue weighted by Gasteiger charge is -2.61. The van der Waals surface area contributed by atoms with Gasteiger partial charge in [-0.3, -0.25) is 9.97 Å². The van der Waals surface area contributed by atoms with Gasteiger partial charge < -0.3 is 10.6 Å². The number of nitrogens with zero attached hydrogens (tertiary/aromatic N) is 7. The SMILES string of the molecule is CC(C)(CNc1c(C#N)cnc2c(C#N)cc(N[C@H](c3cn(C45CC(C4)C5)nn3)c3ccc(F)c4ncccc34)cc12)C(F)(F)F. The quantitative estimate of drug-likeness (QED) is 0.177. The van der Waals surface area contributed by atoms with Crippen molar-refractivity contribution < 1.29 is 17.6 Å². The van der Waals surface area contributed by atoms with Gasteiger partial charge >= 0.3 is 6.18 Å². The van der Waals surface area contributed by atoms with Crippen molar-refractivity contribution in [2.45, 2.75) is 50.9 Å². The number of pyridine rings is 2. The maximum atomic E-state index is 14.8. The monoisotopic (exact) mass is 625 g/mol. The second-order valence-corrected chi connectivity index (χ2v) is 12.8. The topological polar surface area (TPSA) is 128 Å². The Morgan fingerprint density at radius 2 is 1.78 bits per heavy atom. The maximum Gasteiger partial charge on any atom is 0.395 e. The average molecular weight is 626 g/mol. The second-order valence-electron chi connectivity index (χ2n) is 12.8. The molecule has 1 atom stereocenters. The fraction of sp³-hybridized carbons (Fsp3) is 0.333. The van der Waals surface area contributed by atoms with E-state index in [4.69, 9.17) is 0 Å². The number of alkyl halides is 3. The van der Waals surface area contributed by atoms with E-state index in [1.807, 2.05) is 16.9 Å². The molecule has 232 valence electrons. The first-order valence-corrected chi connectivity index (χ1v) is 14.7. The molecule has 3 aliphatic carbocycles. The summed E-state index contributed by atoms with van der Waals surface area (Å²) in [5, 5.41) is 36.0. The van der Waals surface area contributed by atoms with E-state index in [-0.39, 0.29) is 33.4 Å². The zero-order valence-corrected chi connectivity index (χ0v) is 24.8. The smallest absolute Gasteiger partial charge is 0.382 e. The van der Waals surface area contributed by atoms with Gasteiger partial charge in [0.2, 0.25) is 0 Å². The largest absolute Gasteiger partial charge is 0.395 e. The molecule has 0 spiro atoms. The van der Waals surface area contributed by atoms with Crippen LogP contribution in [0.25, 0.3) is 21.8 Å². The molecule has 3 aromatic heterocycles. The molecular formula is C33H27F4N9. The van der Waals surface area contributed by atoms with E-state index in [9.17, 15) is 28.1 Å². The first-order valence-electron chi connectivity index (χ1n) is 14.7. The number of nitriles is 2. The number of hydrogen-bond acceptors (Lipinski definition) is 8. The highest BCUT2D eigenvalue weighted by molar-refractivity contribution is 5.99. The summed E-state index contributed by atoms with van der Waals surface area (Å²) in [4.78, 5) is 8.54. The number of aromatic nitrogens is 5.